The lowest BCUT2D eigenvalue weighted by molar-refractivity contribution is -0.153. The summed E-state index contributed by atoms with van der Waals surface area (Å²) in [5.74, 6) is -1.41. The van der Waals surface area contributed by atoms with Gasteiger partial charge in [0.25, 0.3) is 11.5 Å². The Hall–Kier alpha value is -4.21. The number of amides is 2. The van der Waals surface area contributed by atoms with E-state index in [1.807, 2.05) is 0 Å². The third kappa shape index (κ3) is 5.48. The van der Waals surface area contributed by atoms with Gasteiger partial charge in [-0.25, -0.2) is 4.79 Å². The van der Waals surface area contributed by atoms with Crippen molar-refractivity contribution in [2.75, 3.05) is 10.6 Å². The Morgan fingerprint density at radius 3 is 2.28 bits per heavy atom. The molecule has 2 aromatic carbocycles. The van der Waals surface area contributed by atoms with Crippen molar-refractivity contribution in [3.05, 3.63) is 69.4 Å². The number of rotatable bonds is 7. The van der Waals surface area contributed by atoms with Gasteiger partial charge in [-0.15, -0.1) is 0 Å². The molecule has 1 unspecified atom stereocenters. The molecule has 0 bridgehead atoms. The number of ether oxygens (including phenoxy) is 1. The number of nitrogens with zero attached hydrogens (tertiary/aromatic N) is 1. The lowest BCUT2D eigenvalue weighted by atomic mass is 10.2. The number of benzene rings is 2. The van der Waals surface area contributed by atoms with E-state index in [-0.39, 0.29) is 18.9 Å². The van der Waals surface area contributed by atoms with Gasteiger partial charge in [0.05, 0.1) is 17.3 Å². The summed E-state index contributed by atoms with van der Waals surface area (Å²) in [6.07, 6.45) is -1.24. The first-order chi connectivity index (χ1) is 15.2. The Kier molecular flexibility index (Phi) is 6.83. The second-order valence-corrected chi connectivity index (χ2v) is 7.06. The maximum Gasteiger partial charge on any atom is 0.328 e. The quantitative estimate of drug-likeness (QED) is 0.479. The highest BCUT2D eigenvalue weighted by molar-refractivity contribution is 5.95. The number of esters is 1. The summed E-state index contributed by atoms with van der Waals surface area (Å²) in [6, 6.07) is 13.0. The molecule has 1 heterocycles. The van der Waals surface area contributed by atoms with E-state index in [9.17, 15) is 24.0 Å². The Labute approximate surface area is 182 Å². The third-order valence-electron chi connectivity index (χ3n) is 4.59. The fourth-order valence-corrected chi connectivity index (χ4v) is 3.06. The number of para-hydroxylation sites is 1. The van der Waals surface area contributed by atoms with Crippen molar-refractivity contribution >= 4 is 40.1 Å². The van der Waals surface area contributed by atoms with Crippen LogP contribution in [0.2, 0.25) is 0 Å². The number of carbonyl (C=O) groups is 3. The van der Waals surface area contributed by atoms with Crippen molar-refractivity contribution in [1.29, 1.82) is 0 Å². The van der Waals surface area contributed by atoms with Crippen LogP contribution in [-0.4, -0.2) is 33.4 Å². The molecule has 0 aliphatic carbocycles. The van der Waals surface area contributed by atoms with Gasteiger partial charge in [-0.05, 0) is 43.3 Å². The van der Waals surface area contributed by atoms with Gasteiger partial charge in [0.15, 0.2) is 6.10 Å². The number of aryl methyl sites for hydroxylation is 1. The largest absolute Gasteiger partial charge is 0.452 e. The maximum atomic E-state index is 12.3. The highest BCUT2D eigenvalue weighted by Gasteiger charge is 2.18. The number of anilines is 2. The number of carbonyl (C=O) groups excluding carboxylic acids is 3. The summed E-state index contributed by atoms with van der Waals surface area (Å²) in [5.41, 5.74) is 0.329. The third-order valence-corrected chi connectivity index (χ3v) is 4.59. The van der Waals surface area contributed by atoms with Crippen LogP contribution < -0.4 is 21.9 Å². The van der Waals surface area contributed by atoms with Crippen LogP contribution in [0.5, 0.6) is 0 Å². The van der Waals surface area contributed by atoms with E-state index in [4.69, 9.17) is 4.74 Å². The molecule has 3 rings (SSSR count). The molecule has 10 nitrogen and oxygen atoms in total. The summed E-state index contributed by atoms with van der Waals surface area (Å²) in [5, 5.41) is 5.56. The summed E-state index contributed by atoms with van der Waals surface area (Å²) in [4.78, 5) is 61.8. The molecule has 10 heteroatoms. The first-order valence-electron chi connectivity index (χ1n) is 9.84. The van der Waals surface area contributed by atoms with Gasteiger partial charge in [0, 0.05) is 24.8 Å². The molecule has 2 amide bonds. The van der Waals surface area contributed by atoms with Crippen molar-refractivity contribution in [2.24, 2.45) is 0 Å². The molecule has 0 saturated carbocycles. The molecule has 0 radical (unpaired) electrons. The van der Waals surface area contributed by atoms with Crippen molar-refractivity contribution in [1.82, 2.24) is 9.55 Å². The van der Waals surface area contributed by atoms with E-state index in [2.05, 4.69) is 15.6 Å². The van der Waals surface area contributed by atoms with Crippen LogP contribution >= 0.6 is 0 Å². The van der Waals surface area contributed by atoms with Crippen LogP contribution in [-0.2, 0) is 25.7 Å². The highest BCUT2D eigenvalue weighted by atomic mass is 16.5. The molecule has 0 aliphatic heterocycles. The molecule has 0 spiro atoms. The van der Waals surface area contributed by atoms with Crippen LogP contribution in [0.4, 0.5) is 11.4 Å². The van der Waals surface area contributed by atoms with E-state index < -0.39 is 29.2 Å². The Balaban J connectivity index is 1.58. The predicted octanol–water partition coefficient (Wildman–Crippen LogP) is 1.61. The van der Waals surface area contributed by atoms with E-state index in [1.54, 1.807) is 48.5 Å². The Morgan fingerprint density at radius 1 is 1.00 bits per heavy atom. The summed E-state index contributed by atoms with van der Waals surface area (Å²) in [6.45, 7) is 2.80. The summed E-state index contributed by atoms with van der Waals surface area (Å²) in [7, 11) is 0. The molecule has 166 valence electrons. The van der Waals surface area contributed by atoms with E-state index in [1.165, 1.54) is 18.4 Å². The molecule has 3 N–H and O–H groups in total. The highest BCUT2D eigenvalue weighted by Crippen LogP contribution is 2.14. The van der Waals surface area contributed by atoms with Crippen molar-refractivity contribution < 1.29 is 19.1 Å². The number of aromatic nitrogens is 2. The number of hydrogen-bond donors (Lipinski definition) is 3. The van der Waals surface area contributed by atoms with Gasteiger partial charge in [-0.1, -0.05) is 12.1 Å². The SMILES string of the molecule is CC(=O)Nc1ccc(NC(=O)C(C)OC(=O)CCn2c(=O)[nH]c(=O)c3ccccc32)cc1. The van der Waals surface area contributed by atoms with E-state index in [0.717, 1.165) is 0 Å². The van der Waals surface area contributed by atoms with E-state index >= 15 is 0 Å². The van der Waals surface area contributed by atoms with Crippen molar-refractivity contribution in [2.45, 2.75) is 32.9 Å². The van der Waals surface area contributed by atoms with Crippen molar-refractivity contribution in [3.8, 4) is 0 Å². The Morgan fingerprint density at radius 2 is 1.62 bits per heavy atom. The number of nitrogens with one attached hydrogen (secondary N) is 3. The van der Waals surface area contributed by atoms with Crippen molar-refractivity contribution in [3.63, 3.8) is 0 Å². The summed E-state index contributed by atoms with van der Waals surface area (Å²) < 4.78 is 6.44. The first kappa shape index (κ1) is 22.5. The fraction of sp³-hybridized carbons (Fsp3) is 0.227. The topological polar surface area (TPSA) is 139 Å². The lowest BCUT2D eigenvalue weighted by Gasteiger charge is -2.14. The van der Waals surface area contributed by atoms with Crippen LogP contribution in [0.25, 0.3) is 10.9 Å². The molecule has 32 heavy (non-hydrogen) atoms. The van der Waals surface area contributed by atoms with Gasteiger partial charge in [0.2, 0.25) is 5.91 Å². The molecule has 0 saturated heterocycles. The molecule has 0 aliphatic rings. The number of aromatic amines is 1. The van der Waals surface area contributed by atoms with Gasteiger partial charge in [-0.2, -0.15) is 0 Å². The van der Waals surface area contributed by atoms with Crippen LogP contribution in [0.15, 0.2) is 58.1 Å². The minimum atomic E-state index is -1.07. The normalized spacial score (nSPS) is 11.6. The second kappa shape index (κ2) is 9.73. The van der Waals surface area contributed by atoms with Gasteiger partial charge in [0.1, 0.15) is 0 Å². The van der Waals surface area contributed by atoms with Gasteiger partial charge in [-0.3, -0.25) is 28.7 Å². The zero-order valence-corrected chi connectivity index (χ0v) is 17.5. The fourth-order valence-electron chi connectivity index (χ4n) is 3.06. The number of hydrogen-bond acceptors (Lipinski definition) is 6. The molecule has 1 atom stereocenters. The zero-order chi connectivity index (χ0) is 23.3. The molecule has 3 aromatic rings. The molecular weight excluding hydrogens is 416 g/mol. The van der Waals surface area contributed by atoms with Crippen LogP contribution in [0, 0.1) is 0 Å². The Bertz CT molecular complexity index is 1280. The first-order valence-corrected chi connectivity index (χ1v) is 9.84. The maximum absolute atomic E-state index is 12.3. The van der Waals surface area contributed by atoms with Gasteiger partial charge >= 0.3 is 11.7 Å². The standard InChI is InChI=1S/C22H22N4O6/c1-13(20(29)24-16-9-7-15(8-10-16)23-14(2)27)32-19(28)11-12-26-18-6-4-3-5-17(18)21(30)25-22(26)31/h3-10,13H,11-12H2,1-2H3,(H,23,27)(H,24,29)(H,25,30,31). The lowest BCUT2D eigenvalue weighted by Crippen LogP contribution is -2.32. The molecular formula is C22H22N4O6. The number of H-pyrrole nitrogens is 1. The summed E-state index contributed by atoms with van der Waals surface area (Å²) >= 11 is 0. The van der Waals surface area contributed by atoms with Crippen LogP contribution in [0.1, 0.15) is 20.3 Å². The predicted molar refractivity (Wildman–Crippen MR) is 118 cm³/mol. The molecule has 0 fully saturated rings. The molecule has 1 aromatic heterocycles. The second-order valence-electron chi connectivity index (χ2n) is 7.06. The zero-order valence-electron chi connectivity index (χ0n) is 17.5. The average molecular weight is 438 g/mol. The monoisotopic (exact) mass is 438 g/mol. The average Bonchev–Trinajstić information content (AvgIpc) is 2.74. The minimum absolute atomic E-state index is 0.0199. The minimum Gasteiger partial charge on any atom is -0.452 e. The van der Waals surface area contributed by atoms with Gasteiger partial charge < -0.3 is 15.4 Å². The van der Waals surface area contributed by atoms with Crippen LogP contribution in [0.3, 0.4) is 0 Å². The number of fused-ring (bicyclic) bond motifs is 1. The smallest absolute Gasteiger partial charge is 0.328 e. The van der Waals surface area contributed by atoms with E-state index in [0.29, 0.717) is 22.3 Å².